The van der Waals surface area contributed by atoms with Crippen LogP contribution in [0, 0.1) is 5.41 Å². The van der Waals surface area contributed by atoms with Crippen molar-refractivity contribution < 1.29 is 14.7 Å². The first-order valence-electron chi connectivity index (χ1n) is 9.91. The standard InChI is InChI=1S/C23H32ClNO3/c1-16-15-25(12-6-7-21(27)28)20(26)14-23(16,5)18-9-8-17(19(24)13-18)10-11-22(2,3)4/h8-9,13,15H,6-7,10-12,14H2,1-5H3,(H,27,28)/t23-/m1/s1. The maximum atomic E-state index is 12.7. The van der Waals surface area contributed by atoms with Gasteiger partial charge in [-0.05, 0) is 54.4 Å². The van der Waals surface area contributed by atoms with Crippen LogP contribution in [0.1, 0.15) is 71.4 Å². The minimum atomic E-state index is -0.837. The van der Waals surface area contributed by atoms with E-state index in [0.29, 0.717) is 19.4 Å². The molecule has 1 N–H and O–H groups in total. The number of amides is 1. The molecular weight excluding hydrogens is 374 g/mol. The van der Waals surface area contributed by atoms with Crippen molar-refractivity contribution in [2.45, 2.75) is 72.1 Å². The van der Waals surface area contributed by atoms with Crippen LogP contribution in [-0.4, -0.2) is 28.4 Å². The van der Waals surface area contributed by atoms with Gasteiger partial charge in [0.15, 0.2) is 0 Å². The Kier molecular flexibility index (Phi) is 6.97. The summed E-state index contributed by atoms with van der Waals surface area (Å²) in [5, 5.41) is 9.55. The highest BCUT2D eigenvalue weighted by Gasteiger charge is 2.37. The van der Waals surface area contributed by atoms with E-state index in [0.717, 1.165) is 34.6 Å². The Labute approximate surface area is 173 Å². The Morgan fingerprint density at radius 3 is 2.57 bits per heavy atom. The van der Waals surface area contributed by atoms with Gasteiger partial charge in [-0.3, -0.25) is 9.59 Å². The molecule has 2 rings (SSSR count). The molecular formula is C23H32ClNO3. The summed E-state index contributed by atoms with van der Waals surface area (Å²) in [5.41, 5.74) is 3.13. The van der Waals surface area contributed by atoms with Crippen molar-refractivity contribution in [3.8, 4) is 0 Å². The molecule has 5 heteroatoms. The summed E-state index contributed by atoms with van der Waals surface area (Å²) >= 11 is 6.58. The molecule has 4 nitrogen and oxygen atoms in total. The van der Waals surface area contributed by atoms with Gasteiger partial charge in [-0.25, -0.2) is 0 Å². The van der Waals surface area contributed by atoms with E-state index in [4.69, 9.17) is 16.7 Å². The zero-order valence-corrected chi connectivity index (χ0v) is 18.4. The average Bonchev–Trinajstić information content (AvgIpc) is 2.57. The highest BCUT2D eigenvalue weighted by Crippen LogP contribution is 2.40. The quantitative estimate of drug-likeness (QED) is 0.644. The monoisotopic (exact) mass is 405 g/mol. The molecule has 1 aromatic rings. The maximum Gasteiger partial charge on any atom is 0.303 e. The van der Waals surface area contributed by atoms with Crippen molar-refractivity contribution in [3.63, 3.8) is 0 Å². The largest absolute Gasteiger partial charge is 0.481 e. The number of carbonyl (C=O) groups is 2. The molecule has 0 unspecified atom stereocenters. The van der Waals surface area contributed by atoms with Gasteiger partial charge in [0.2, 0.25) is 5.91 Å². The molecule has 0 radical (unpaired) electrons. The lowest BCUT2D eigenvalue weighted by Crippen LogP contribution is -2.40. The number of rotatable bonds is 7. The number of benzene rings is 1. The lowest BCUT2D eigenvalue weighted by molar-refractivity contribution is -0.138. The van der Waals surface area contributed by atoms with E-state index < -0.39 is 11.4 Å². The van der Waals surface area contributed by atoms with Crippen molar-refractivity contribution in [1.82, 2.24) is 4.90 Å². The van der Waals surface area contributed by atoms with Crippen LogP contribution in [0.4, 0.5) is 0 Å². The summed E-state index contributed by atoms with van der Waals surface area (Å²) in [4.78, 5) is 25.0. The summed E-state index contributed by atoms with van der Waals surface area (Å²) < 4.78 is 0. The second-order valence-electron chi connectivity index (χ2n) is 9.27. The fraction of sp³-hybridized carbons (Fsp3) is 0.565. The molecule has 1 amide bonds. The molecule has 1 aromatic carbocycles. The van der Waals surface area contributed by atoms with Gasteiger partial charge in [0.05, 0.1) is 0 Å². The van der Waals surface area contributed by atoms with Crippen LogP contribution in [0.15, 0.2) is 30.0 Å². The molecule has 1 aliphatic rings. The lowest BCUT2D eigenvalue weighted by Gasteiger charge is -2.38. The molecule has 0 fully saturated rings. The van der Waals surface area contributed by atoms with E-state index in [9.17, 15) is 9.59 Å². The molecule has 154 valence electrons. The van der Waals surface area contributed by atoms with Crippen molar-refractivity contribution in [2.75, 3.05) is 6.54 Å². The summed E-state index contributed by atoms with van der Waals surface area (Å²) in [7, 11) is 0. The van der Waals surface area contributed by atoms with Crippen LogP contribution in [0.25, 0.3) is 0 Å². The number of allylic oxidation sites excluding steroid dienone is 1. The lowest BCUT2D eigenvalue weighted by atomic mass is 9.72. The van der Waals surface area contributed by atoms with Gasteiger partial charge < -0.3 is 10.0 Å². The Hall–Kier alpha value is -1.81. The second kappa shape index (κ2) is 8.69. The molecule has 1 atom stereocenters. The average molecular weight is 406 g/mol. The molecule has 0 bridgehead atoms. The minimum Gasteiger partial charge on any atom is -0.481 e. The van der Waals surface area contributed by atoms with Crippen molar-refractivity contribution in [3.05, 3.63) is 46.1 Å². The Bertz CT molecular complexity index is 779. The van der Waals surface area contributed by atoms with Crippen LogP contribution in [0.5, 0.6) is 0 Å². The number of nitrogens with zero attached hydrogens (tertiary/aromatic N) is 1. The molecule has 1 heterocycles. The van der Waals surface area contributed by atoms with Crippen molar-refractivity contribution in [2.24, 2.45) is 5.41 Å². The Morgan fingerprint density at radius 2 is 2.00 bits per heavy atom. The summed E-state index contributed by atoms with van der Waals surface area (Å²) in [6, 6.07) is 6.19. The number of carbonyl (C=O) groups excluding carboxylic acids is 1. The van der Waals surface area contributed by atoms with Crippen LogP contribution in [-0.2, 0) is 21.4 Å². The van der Waals surface area contributed by atoms with Crippen LogP contribution < -0.4 is 0 Å². The molecule has 0 aromatic heterocycles. The smallest absolute Gasteiger partial charge is 0.303 e. The first-order chi connectivity index (χ1) is 12.9. The zero-order valence-electron chi connectivity index (χ0n) is 17.6. The highest BCUT2D eigenvalue weighted by molar-refractivity contribution is 6.31. The minimum absolute atomic E-state index is 0.0198. The third-order valence-corrected chi connectivity index (χ3v) is 6.02. The molecule has 0 saturated heterocycles. The molecule has 0 saturated carbocycles. The second-order valence-corrected chi connectivity index (χ2v) is 9.68. The van der Waals surface area contributed by atoms with E-state index in [2.05, 4.69) is 39.8 Å². The highest BCUT2D eigenvalue weighted by atomic mass is 35.5. The summed E-state index contributed by atoms with van der Waals surface area (Å²) in [6.07, 6.45) is 4.75. The van der Waals surface area contributed by atoms with E-state index in [1.807, 2.05) is 19.2 Å². The van der Waals surface area contributed by atoms with Gasteiger partial charge in [0, 0.05) is 36.0 Å². The third-order valence-electron chi connectivity index (χ3n) is 5.67. The summed E-state index contributed by atoms with van der Waals surface area (Å²) in [6.45, 7) is 11.2. The van der Waals surface area contributed by atoms with Crippen molar-refractivity contribution >= 4 is 23.5 Å². The Morgan fingerprint density at radius 1 is 1.32 bits per heavy atom. The fourth-order valence-electron chi connectivity index (χ4n) is 3.51. The normalized spacial score (nSPS) is 20.3. The summed E-state index contributed by atoms with van der Waals surface area (Å²) in [5.74, 6) is -0.817. The molecule has 0 aliphatic carbocycles. The van der Waals surface area contributed by atoms with Gasteiger partial charge in [-0.1, -0.05) is 51.4 Å². The number of carboxylic acid groups (broad SMARTS) is 1. The number of hydrogen-bond donors (Lipinski definition) is 1. The number of aryl methyl sites for hydroxylation is 1. The number of carboxylic acids is 1. The van der Waals surface area contributed by atoms with Gasteiger partial charge in [-0.2, -0.15) is 0 Å². The number of halogens is 1. The SMILES string of the molecule is CC1=CN(CCCC(=O)O)C(=O)C[C@@]1(C)c1ccc(CCC(C)(C)C)c(Cl)c1. The van der Waals surface area contributed by atoms with E-state index in [-0.39, 0.29) is 17.7 Å². The maximum absolute atomic E-state index is 12.7. The zero-order chi connectivity index (χ0) is 21.1. The predicted octanol–water partition coefficient (Wildman–Crippen LogP) is 5.58. The van der Waals surface area contributed by atoms with E-state index in [1.165, 1.54) is 0 Å². The molecule has 28 heavy (non-hydrogen) atoms. The first-order valence-corrected chi connectivity index (χ1v) is 10.3. The van der Waals surface area contributed by atoms with E-state index >= 15 is 0 Å². The van der Waals surface area contributed by atoms with Gasteiger partial charge >= 0.3 is 5.97 Å². The van der Waals surface area contributed by atoms with E-state index in [1.54, 1.807) is 4.90 Å². The van der Waals surface area contributed by atoms with Crippen LogP contribution in [0.2, 0.25) is 5.02 Å². The predicted molar refractivity (Wildman–Crippen MR) is 114 cm³/mol. The Balaban J connectivity index is 2.18. The molecule has 0 spiro atoms. The fourth-order valence-corrected chi connectivity index (χ4v) is 3.79. The van der Waals surface area contributed by atoms with Gasteiger partial charge in [-0.15, -0.1) is 0 Å². The number of aliphatic carboxylic acids is 1. The number of hydrogen-bond acceptors (Lipinski definition) is 2. The molecule has 1 aliphatic heterocycles. The van der Waals surface area contributed by atoms with Gasteiger partial charge in [0.25, 0.3) is 0 Å². The van der Waals surface area contributed by atoms with Crippen LogP contribution >= 0.6 is 11.6 Å². The van der Waals surface area contributed by atoms with Crippen molar-refractivity contribution in [1.29, 1.82) is 0 Å². The topological polar surface area (TPSA) is 57.6 Å². The van der Waals surface area contributed by atoms with Gasteiger partial charge in [0.1, 0.15) is 0 Å². The third kappa shape index (κ3) is 5.60. The van der Waals surface area contributed by atoms with Crippen LogP contribution in [0.3, 0.4) is 0 Å². The first kappa shape index (κ1) is 22.5.